The van der Waals surface area contributed by atoms with E-state index in [2.05, 4.69) is 80.9 Å². The molecule has 0 aromatic heterocycles. The van der Waals surface area contributed by atoms with Crippen molar-refractivity contribution in [3.8, 4) is 0 Å². The van der Waals surface area contributed by atoms with Crippen molar-refractivity contribution in [3.05, 3.63) is 66.4 Å². The summed E-state index contributed by atoms with van der Waals surface area (Å²) in [6.07, 6.45) is 6.09. The van der Waals surface area contributed by atoms with Crippen LogP contribution in [0.1, 0.15) is 59.9 Å². The topological polar surface area (TPSA) is 44.5 Å². The van der Waals surface area contributed by atoms with Gasteiger partial charge < -0.3 is 14.1 Å². The van der Waals surface area contributed by atoms with Crippen molar-refractivity contribution in [2.24, 2.45) is 0 Å². The third kappa shape index (κ3) is 8.04. The summed E-state index contributed by atoms with van der Waals surface area (Å²) in [6.45, 7) is 30.6. The summed E-state index contributed by atoms with van der Waals surface area (Å²) < 4.78 is 15.1. The molecular weight excluding hydrogens is 454 g/mol. The first-order chi connectivity index (χ1) is 15.4. The fraction of sp³-hybridized carbons (Fsp3) is 0.607. The van der Waals surface area contributed by atoms with Gasteiger partial charge in [-0.3, -0.25) is 0 Å². The van der Waals surface area contributed by atoms with Gasteiger partial charge >= 0.3 is 0 Å². The molecule has 0 fully saturated rings. The number of hydrogen-bond donors (Lipinski definition) is 0. The standard InChI is InChI=1S/C28H49NO3Si2/c1-13-20-28(21-14-2,32-34(11,12)27(6,7)8)25(31-33(9,10)26(3,4)5)23-29(30)22-24-18-16-15-17-19-24/h13-19,23,25H,1-2,20-22H2,3-12H3/b29-23+/t25-/m1/s1. The highest BCUT2D eigenvalue weighted by Gasteiger charge is 2.51. The average molecular weight is 504 g/mol. The monoisotopic (exact) mass is 503 g/mol. The van der Waals surface area contributed by atoms with E-state index < -0.39 is 28.3 Å². The summed E-state index contributed by atoms with van der Waals surface area (Å²) >= 11 is 0. The van der Waals surface area contributed by atoms with Gasteiger partial charge in [0.25, 0.3) is 0 Å². The first-order valence-corrected chi connectivity index (χ1v) is 18.1. The molecule has 1 aromatic rings. The minimum absolute atomic E-state index is 0.00328. The van der Waals surface area contributed by atoms with Crippen molar-refractivity contribution >= 4 is 22.8 Å². The molecule has 1 aromatic carbocycles. The van der Waals surface area contributed by atoms with Crippen LogP contribution in [-0.4, -0.2) is 39.3 Å². The molecule has 0 aliphatic heterocycles. The maximum Gasteiger partial charge on any atom is 0.193 e. The molecule has 0 aliphatic carbocycles. The number of rotatable bonds is 12. The molecule has 0 bridgehead atoms. The Morgan fingerprint density at radius 2 is 1.35 bits per heavy atom. The molecule has 0 radical (unpaired) electrons. The molecule has 1 atom stereocenters. The summed E-state index contributed by atoms with van der Waals surface area (Å²) in [5, 5.41) is 13.3. The summed E-state index contributed by atoms with van der Waals surface area (Å²) in [5.74, 6) is 0. The Labute approximate surface area is 211 Å². The second-order valence-electron chi connectivity index (χ2n) is 12.4. The quantitative estimate of drug-likeness (QED) is 0.0723. The number of hydrogen-bond acceptors (Lipinski definition) is 3. The predicted molar refractivity (Wildman–Crippen MR) is 153 cm³/mol. The van der Waals surface area contributed by atoms with Crippen molar-refractivity contribution in [2.75, 3.05) is 0 Å². The normalized spacial score (nSPS) is 15.2. The number of hydroxylamine groups is 1. The van der Waals surface area contributed by atoms with E-state index >= 15 is 0 Å². The lowest BCUT2D eigenvalue weighted by molar-refractivity contribution is -0.473. The lowest BCUT2D eigenvalue weighted by atomic mass is 9.89. The average Bonchev–Trinajstić information content (AvgIpc) is 2.66. The highest BCUT2D eigenvalue weighted by molar-refractivity contribution is 6.74. The summed E-state index contributed by atoms with van der Waals surface area (Å²) in [5.41, 5.74) is 0.213. The molecule has 0 unspecified atom stereocenters. The first-order valence-electron chi connectivity index (χ1n) is 12.3. The van der Waals surface area contributed by atoms with Crippen LogP contribution in [0.4, 0.5) is 0 Å². The minimum Gasteiger partial charge on any atom is -0.624 e. The van der Waals surface area contributed by atoms with Gasteiger partial charge in [-0.2, -0.15) is 0 Å². The largest absolute Gasteiger partial charge is 0.624 e. The van der Waals surface area contributed by atoms with E-state index in [0.717, 1.165) is 10.3 Å². The maximum absolute atomic E-state index is 13.3. The molecule has 192 valence electrons. The molecular formula is C28H49NO3Si2. The van der Waals surface area contributed by atoms with Crippen LogP contribution >= 0.6 is 0 Å². The van der Waals surface area contributed by atoms with E-state index in [4.69, 9.17) is 8.85 Å². The third-order valence-corrected chi connectivity index (χ3v) is 16.5. The van der Waals surface area contributed by atoms with E-state index in [9.17, 15) is 5.21 Å². The van der Waals surface area contributed by atoms with Gasteiger partial charge in [-0.15, -0.1) is 13.2 Å². The zero-order valence-electron chi connectivity index (χ0n) is 23.4. The SMILES string of the molecule is C=CCC(CC=C)(O[Si](C)(C)C(C)(C)C)[C@@H](/C=[N+](/[O-])Cc1ccccc1)O[Si](C)(C)C(C)(C)C. The van der Waals surface area contributed by atoms with Gasteiger partial charge in [0.1, 0.15) is 0 Å². The van der Waals surface area contributed by atoms with E-state index in [0.29, 0.717) is 12.8 Å². The van der Waals surface area contributed by atoms with E-state index in [1.165, 1.54) is 0 Å². The molecule has 0 spiro atoms. The van der Waals surface area contributed by atoms with Gasteiger partial charge in [-0.1, -0.05) is 84.0 Å². The Balaban J connectivity index is 3.67. The van der Waals surface area contributed by atoms with Crippen LogP contribution in [0.2, 0.25) is 36.3 Å². The van der Waals surface area contributed by atoms with Crippen molar-refractivity contribution in [2.45, 2.75) is 109 Å². The molecule has 34 heavy (non-hydrogen) atoms. The summed E-state index contributed by atoms with van der Waals surface area (Å²) in [4.78, 5) is 0. The zero-order chi connectivity index (χ0) is 26.4. The van der Waals surface area contributed by atoms with Gasteiger partial charge in [0, 0.05) is 5.56 Å². The maximum atomic E-state index is 13.3. The molecule has 0 heterocycles. The van der Waals surface area contributed by atoms with E-state index in [1.807, 2.05) is 42.5 Å². The van der Waals surface area contributed by atoms with Crippen LogP contribution in [0.3, 0.4) is 0 Å². The van der Waals surface area contributed by atoms with Gasteiger partial charge in [0.05, 0.1) is 5.60 Å². The third-order valence-electron chi connectivity index (χ3n) is 7.47. The fourth-order valence-corrected chi connectivity index (χ4v) is 6.21. The van der Waals surface area contributed by atoms with Crippen molar-refractivity contribution < 1.29 is 13.6 Å². The van der Waals surface area contributed by atoms with Crippen LogP contribution < -0.4 is 0 Å². The zero-order valence-corrected chi connectivity index (χ0v) is 25.4. The fourth-order valence-electron chi connectivity index (χ4n) is 3.34. The molecule has 0 aliphatic rings. The van der Waals surface area contributed by atoms with E-state index in [-0.39, 0.29) is 16.6 Å². The molecule has 6 heteroatoms. The van der Waals surface area contributed by atoms with Crippen LogP contribution in [0.25, 0.3) is 0 Å². The molecule has 0 amide bonds. The van der Waals surface area contributed by atoms with Crippen LogP contribution in [0.5, 0.6) is 0 Å². The van der Waals surface area contributed by atoms with Gasteiger partial charge in [0.15, 0.2) is 35.5 Å². The van der Waals surface area contributed by atoms with E-state index in [1.54, 1.807) is 6.21 Å². The Morgan fingerprint density at radius 3 is 1.76 bits per heavy atom. The molecule has 4 nitrogen and oxygen atoms in total. The van der Waals surface area contributed by atoms with Crippen LogP contribution in [0.15, 0.2) is 55.6 Å². The number of nitrogens with zero attached hydrogens (tertiary/aromatic N) is 1. The summed E-state index contributed by atoms with van der Waals surface area (Å²) in [7, 11) is -4.47. The highest BCUT2D eigenvalue weighted by Crippen LogP contribution is 2.45. The Morgan fingerprint density at radius 1 is 0.882 bits per heavy atom. The lowest BCUT2D eigenvalue weighted by Crippen LogP contribution is -2.59. The Kier molecular flexibility index (Phi) is 10.3. The highest BCUT2D eigenvalue weighted by atomic mass is 28.4. The van der Waals surface area contributed by atoms with Crippen molar-refractivity contribution in [1.82, 2.24) is 0 Å². The van der Waals surface area contributed by atoms with Gasteiger partial charge in [-0.05, 0) is 49.1 Å². The summed E-state index contributed by atoms with van der Waals surface area (Å²) in [6, 6.07) is 9.79. The predicted octanol–water partition coefficient (Wildman–Crippen LogP) is 8.07. The molecule has 0 saturated carbocycles. The minimum atomic E-state index is -2.25. The Bertz CT molecular complexity index is 823. The molecule has 0 saturated heterocycles. The second kappa shape index (κ2) is 11.5. The molecule has 1 rings (SSSR count). The smallest absolute Gasteiger partial charge is 0.193 e. The molecule has 0 N–H and O–H groups in total. The Hall–Kier alpha value is -1.48. The van der Waals surface area contributed by atoms with Crippen LogP contribution in [-0.2, 0) is 15.4 Å². The van der Waals surface area contributed by atoms with Crippen molar-refractivity contribution in [3.63, 3.8) is 0 Å². The van der Waals surface area contributed by atoms with Gasteiger partial charge in [-0.25, -0.2) is 4.74 Å². The lowest BCUT2D eigenvalue weighted by Gasteiger charge is -2.49. The van der Waals surface area contributed by atoms with Crippen molar-refractivity contribution in [1.29, 1.82) is 0 Å². The second-order valence-corrected chi connectivity index (χ2v) is 21.9. The first kappa shape index (κ1) is 30.6. The number of benzene rings is 1. The van der Waals surface area contributed by atoms with Gasteiger partial charge in [0.2, 0.25) is 0 Å². The van der Waals surface area contributed by atoms with Crippen LogP contribution in [0, 0.1) is 5.21 Å².